The second kappa shape index (κ2) is 5.29. The van der Waals surface area contributed by atoms with Gasteiger partial charge >= 0.3 is 0 Å². The van der Waals surface area contributed by atoms with Crippen molar-refractivity contribution in [3.05, 3.63) is 52.0 Å². The van der Waals surface area contributed by atoms with E-state index in [0.717, 1.165) is 0 Å². The van der Waals surface area contributed by atoms with E-state index in [2.05, 4.69) is 4.99 Å². The quantitative estimate of drug-likeness (QED) is 0.813. The fraction of sp³-hybridized carbons (Fsp3) is 0. The highest BCUT2D eigenvalue weighted by atomic mass is 35.5. The predicted octanol–water partition coefficient (Wildman–Crippen LogP) is 4.16. The van der Waals surface area contributed by atoms with E-state index in [1.54, 1.807) is 24.3 Å². The van der Waals surface area contributed by atoms with Crippen molar-refractivity contribution in [2.45, 2.75) is 0 Å². The number of benzene rings is 2. The third kappa shape index (κ3) is 2.75. The molecule has 0 bridgehead atoms. The van der Waals surface area contributed by atoms with Gasteiger partial charge in [0.25, 0.3) is 0 Å². The van der Waals surface area contributed by atoms with Crippen LogP contribution in [-0.4, -0.2) is 16.4 Å². The molecular formula is C13H9Cl2NO2. The summed E-state index contributed by atoms with van der Waals surface area (Å²) in [6, 6.07) is 9.38. The highest BCUT2D eigenvalue weighted by Gasteiger charge is 2.03. The minimum absolute atomic E-state index is 0.0428. The van der Waals surface area contributed by atoms with Crippen molar-refractivity contribution >= 4 is 35.1 Å². The lowest BCUT2D eigenvalue weighted by Crippen LogP contribution is -1.83. The van der Waals surface area contributed by atoms with Crippen LogP contribution in [0.15, 0.2) is 41.4 Å². The number of aromatic hydroxyl groups is 2. The van der Waals surface area contributed by atoms with Crippen LogP contribution in [0.25, 0.3) is 0 Å². The standard InChI is InChI=1S/C13H9Cl2NO2/c14-10-5-4-8(6-11(10)15)16-7-9-12(17)2-1-3-13(9)18/h1-7,17-18H. The van der Waals surface area contributed by atoms with Crippen LogP contribution in [-0.2, 0) is 0 Å². The molecule has 0 saturated heterocycles. The van der Waals surface area contributed by atoms with Crippen molar-refractivity contribution < 1.29 is 10.2 Å². The molecule has 2 aromatic carbocycles. The van der Waals surface area contributed by atoms with E-state index in [0.29, 0.717) is 15.7 Å². The summed E-state index contributed by atoms with van der Waals surface area (Å²) in [5, 5.41) is 20.0. The maximum absolute atomic E-state index is 9.57. The number of hydrogen-bond donors (Lipinski definition) is 2. The first-order valence-corrected chi connectivity index (χ1v) is 5.83. The van der Waals surface area contributed by atoms with Gasteiger partial charge in [0, 0.05) is 6.21 Å². The third-order valence-electron chi connectivity index (χ3n) is 2.31. The third-order valence-corrected chi connectivity index (χ3v) is 3.05. The monoisotopic (exact) mass is 281 g/mol. The van der Waals surface area contributed by atoms with Gasteiger partial charge in [0.1, 0.15) is 11.5 Å². The maximum Gasteiger partial charge on any atom is 0.128 e. The molecule has 0 aliphatic carbocycles. The lowest BCUT2D eigenvalue weighted by atomic mass is 10.2. The van der Waals surface area contributed by atoms with E-state index in [9.17, 15) is 10.2 Å². The van der Waals surface area contributed by atoms with E-state index in [1.165, 1.54) is 18.3 Å². The van der Waals surface area contributed by atoms with E-state index in [-0.39, 0.29) is 17.1 Å². The van der Waals surface area contributed by atoms with Gasteiger partial charge in [-0.05, 0) is 30.3 Å². The summed E-state index contributed by atoms with van der Waals surface area (Å²) in [6.45, 7) is 0. The Labute approximate surface area is 114 Å². The van der Waals surface area contributed by atoms with Crippen molar-refractivity contribution in [3.63, 3.8) is 0 Å². The van der Waals surface area contributed by atoms with Crippen LogP contribution in [0.5, 0.6) is 11.5 Å². The molecule has 0 amide bonds. The van der Waals surface area contributed by atoms with Gasteiger partial charge in [0.15, 0.2) is 0 Å². The Hall–Kier alpha value is -1.71. The molecule has 3 nitrogen and oxygen atoms in total. The second-order valence-corrected chi connectivity index (χ2v) is 4.38. The molecule has 0 fully saturated rings. The molecule has 2 aromatic rings. The van der Waals surface area contributed by atoms with Crippen molar-refractivity contribution in [1.82, 2.24) is 0 Å². The van der Waals surface area contributed by atoms with Gasteiger partial charge in [-0.25, -0.2) is 0 Å². The van der Waals surface area contributed by atoms with Crippen LogP contribution in [0.4, 0.5) is 5.69 Å². The van der Waals surface area contributed by atoms with Crippen molar-refractivity contribution in [2.75, 3.05) is 0 Å². The first-order chi connectivity index (χ1) is 8.58. The first-order valence-electron chi connectivity index (χ1n) is 5.08. The molecule has 18 heavy (non-hydrogen) atoms. The van der Waals surface area contributed by atoms with Crippen LogP contribution in [0.2, 0.25) is 10.0 Å². The fourth-order valence-corrected chi connectivity index (χ4v) is 1.67. The summed E-state index contributed by atoms with van der Waals surface area (Å²) in [7, 11) is 0. The topological polar surface area (TPSA) is 52.8 Å². The average molecular weight is 282 g/mol. The number of phenolic OH excluding ortho intramolecular Hbond substituents is 2. The Bertz CT molecular complexity index is 592. The number of hydrogen-bond acceptors (Lipinski definition) is 3. The normalized spacial score (nSPS) is 11.0. The number of halogens is 2. The minimum Gasteiger partial charge on any atom is -0.507 e. The molecule has 0 radical (unpaired) electrons. The molecule has 0 spiro atoms. The van der Waals surface area contributed by atoms with Gasteiger partial charge in [-0.3, -0.25) is 4.99 Å². The van der Waals surface area contributed by atoms with E-state index < -0.39 is 0 Å². The molecule has 5 heteroatoms. The molecule has 0 unspecified atom stereocenters. The molecule has 2 N–H and O–H groups in total. The van der Waals surface area contributed by atoms with Crippen LogP contribution < -0.4 is 0 Å². The summed E-state index contributed by atoms with van der Waals surface area (Å²) >= 11 is 11.6. The largest absolute Gasteiger partial charge is 0.507 e. The molecular weight excluding hydrogens is 273 g/mol. The van der Waals surface area contributed by atoms with Gasteiger partial charge in [0.2, 0.25) is 0 Å². The van der Waals surface area contributed by atoms with E-state index >= 15 is 0 Å². The summed E-state index contributed by atoms with van der Waals surface area (Å²) in [6.07, 6.45) is 1.37. The molecule has 0 aliphatic heterocycles. The van der Waals surface area contributed by atoms with Gasteiger partial charge in [-0.1, -0.05) is 29.3 Å². The number of rotatable bonds is 2. The van der Waals surface area contributed by atoms with Crippen LogP contribution in [0.3, 0.4) is 0 Å². The van der Waals surface area contributed by atoms with Gasteiger partial charge < -0.3 is 10.2 Å². The Morgan fingerprint density at radius 2 is 1.61 bits per heavy atom. The highest BCUT2D eigenvalue weighted by Crippen LogP contribution is 2.28. The summed E-state index contributed by atoms with van der Waals surface area (Å²) in [5.74, 6) is -0.0855. The summed E-state index contributed by atoms with van der Waals surface area (Å²) < 4.78 is 0. The number of nitrogens with zero attached hydrogens (tertiary/aromatic N) is 1. The van der Waals surface area contributed by atoms with Crippen molar-refractivity contribution in [2.24, 2.45) is 4.99 Å². The number of aliphatic imine (C=N–C) groups is 1. The minimum atomic E-state index is -0.0428. The smallest absolute Gasteiger partial charge is 0.128 e. The highest BCUT2D eigenvalue weighted by molar-refractivity contribution is 6.42. The summed E-state index contributed by atoms with van der Waals surface area (Å²) in [5.41, 5.74) is 0.829. The lowest BCUT2D eigenvalue weighted by Gasteiger charge is -2.01. The molecule has 92 valence electrons. The van der Waals surface area contributed by atoms with E-state index in [1.807, 2.05) is 0 Å². The maximum atomic E-state index is 9.57. The lowest BCUT2D eigenvalue weighted by molar-refractivity contribution is 0.449. The van der Waals surface area contributed by atoms with Gasteiger partial charge in [0.05, 0.1) is 21.3 Å². The SMILES string of the molecule is Oc1cccc(O)c1C=Nc1ccc(Cl)c(Cl)c1. The zero-order valence-corrected chi connectivity index (χ0v) is 10.7. The zero-order valence-electron chi connectivity index (χ0n) is 9.14. The molecule has 0 aromatic heterocycles. The van der Waals surface area contributed by atoms with Gasteiger partial charge in [-0.15, -0.1) is 0 Å². The predicted molar refractivity (Wildman–Crippen MR) is 73.5 cm³/mol. The Morgan fingerprint density at radius 1 is 0.944 bits per heavy atom. The molecule has 2 rings (SSSR count). The Balaban J connectivity index is 2.33. The van der Waals surface area contributed by atoms with Crippen LogP contribution in [0, 0.1) is 0 Å². The molecule has 0 aliphatic rings. The van der Waals surface area contributed by atoms with Crippen LogP contribution in [0.1, 0.15) is 5.56 Å². The summed E-state index contributed by atoms with van der Waals surface area (Å²) in [4.78, 5) is 4.11. The molecule has 0 saturated carbocycles. The second-order valence-electron chi connectivity index (χ2n) is 3.57. The first kappa shape index (κ1) is 12.7. The average Bonchev–Trinajstić information content (AvgIpc) is 2.33. The van der Waals surface area contributed by atoms with Crippen molar-refractivity contribution in [3.8, 4) is 11.5 Å². The zero-order chi connectivity index (χ0) is 13.1. The van der Waals surface area contributed by atoms with Gasteiger partial charge in [-0.2, -0.15) is 0 Å². The van der Waals surface area contributed by atoms with Crippen molar-refractivity contribution in [1.29, 1.82) is 0 Å². The fourth-order valence-electron chi connectivity index (χ4n) is 1.38. The Morgan fingerprint density at radius 3 is 2.22 bits per heavy atom. The number of phenols is 2. The molecule has 0 atom stereocenters. The molecule has 0 heterocycles. The van der Waals surface area contributed by atoms with E-state index in [4.69, 9.17) is 23.2 Å². The Kier molecular flexibility index (Phi) is 3.75. The van der Waals surface area contributed by atoms with Crippen LogP contribution >= 0.6 is 23.2 Å².